The maximum Gasteiger partial charge on any atom is 0.244 e. The van der Waals surface area contributed by atoms with Gasteiger partial charge in [0.25, 0.3) is 0 Å². The molecule has 0 saturated carbocycles. The maximum atomic E-state index is 13.4. The van der Waals surface area contributed by atoms with Crippen molar-refractivity contribution in [3.05, 3.63) is 66.0 Å². The molecule has 1 aliphatic rings. The summed E-state index contributed by atoms with van der Waals surface area (Å²) in [5.74, 6) is 0.107. The third-order valence-corrected chi connectivity index (χ3v) is 6.09. The molecule has 30 heavy (non-hydrogen) atoms. The average Bonchev–Trinajstić information content (AvgIpc) is 3.03. The largest absolute Gasteiger partial charge is 0.391 e. The summed E-state index contributed by atoms with van der Waals surface area (Å²) in [6, 6.07) is 15.3. The SMILES string of the molecule is CC(C)C1N[C@@H]([C@H](O)C(Cc2ccccc2)C(C)(C)C)C(=O)N1Cc1ccccn1. The number of aliphatic hydroxyl groups is 1. The second-order valence-electron chi connectivity index (χ2n) is 9.77. The number of amides is 1. The van der Waals surface area contributed by atoms with E-state index in [1.165, 1.54) is 5.56 Å². The molecule has 2 heterocycles. The highest BCUT2D eigenvalue weighted by Crippen LogP contribution is 2.35. The normalized spacial score (nSPS) is 21.8. The van der Waals surface area contributed by atoms with Gasteiger partial charge in [0.05, 0.1) is 24.5 Å². The molecule has 1 fully saturated rings. The first-order valence-corrected chi connectivity index (χ1v) is 10.9. The van der Waals surface area contributed by atoms with E-state index in [1.54, 1.807) is 6.20 Å². The summed E-state index contributed by atoms with van der Waals surface area (Å²) >= 11 is 0. The van der Waals surface area contributed by atoms with Gasteiger partial charge in [0, 0.05) is 6.20 Å². The van der Waals surface area contributed by atoms with Crippen LogP contribution in [0.25, 0.3) is 0 Å². The van der Waals surface area contributed by atoms with Gasteiger partial charge >= 0.3 is 0 Å². The molecule has 1 aromatic heterocycles. The highest BCUT2D eigenvalue weighted by molar-refractivity contribution is 5.85. The van der Waals surface area contributed by atoms with Crippen LogP contribution in [-0.2, 0) is 17.8 Å². The summed E-state index contributed by atoms with van der Waals surface area (Å²) in [7, 11) is 0. The van der Waals surface area contributed by atoms with Crippen LogP contribution in [0, 0.1) is 17.3 Å². The van der Waals surface area contributed by atoms with E-state index in [2.05, 4.69) is 57.1 Å². The van der Waals surface area contributed by atoms with Crippen molar-refractivity contribution in [3.63, 3.8) is 0 Å². The Balaban J connectivity index is 1.84. The van der Waals surface area contributed by atoms with Gasteiger partial charge in [0.15, 0.2) is 0 Å². The third-order valence-electron chi connectivity index (χ3n) is 6.09. The van der Waals surface area contributed by atoms with Crippen LogP contribution in [0.15, 0.2) is 54.7 Å². The van der Waals surface area contributed by atoms with Crippen LogP contribution in [0.5, 0.6) is 0 Å². The zero-order valence-corrected chi connectivity index (χ0v) is 18.7. The highest BCUT2D eigenvalue weighted by Gasteiger charge is 2.47. The van der Waals surface area contributed by atoms with Crippen molar-refractivity contribution < 1.29 is 9.90 Å². The minimum atomic E-state index is -0.785. The minimum Gasteiger partial charge on any atom is -0.391 e. The lowest BCUT2D eigenvalue weighted by Gasteiger charge is -2.37. The summed E-state index contributed by atoms with van der Waals surface area (Å²) in [5, 5.41) is 14.9. The smallest absolute Gasteiger partial charge is 0.244 e. The van der Waals surface area contributed by atoms with E-state index < -0.39 is 12.1 Å². The van der Waals surface area contributed by atoms with Gasteiger partial charge < -0.3 is 10.0 Å². The number of aliphatic hydroxyl groups excluding tert-OH is 1. The molecule has 2 N–H and O–H groups in total. The zero-order chi connectivity index (χ0) is 21.9. The summed E-state index contributed by atoms with van der Waals surface area (Å²) in [5.41, 5.74) is 1.87. The number of aromatic nitrogens is 1. The highest BCUT2D eigenvalue weighted by atomic mass is 16.3. The molecule has 0 aliphatic carbocycles. The summed E-state index contributed by atoms with van der Waals surface area (Å²) in [4.78, 5) is 19.6. The first-order valence-electron chi connectivity index (χ1n) is 10.9. The van der Waals surface area contributed by atoms with Crippen LogP contribution in [0.3, 0.4) is 0 Å². The predicted octanol–water partition coefficient (Wildman–Crippen LogP) is 3.63. The Kier molecular flexibility index (Phi) is 6.94. The quantitative estimate of drug-likeness (QED) is 0.733. The van der Waals surface area contributed by atoms with E-state index in [0.29, 0.717) is 6.54 Å². The number of pyridine rings is 1. The van der Waals surface area contributed by atoms with E-state index in [0.717, 1.165) is 12.1 Å². The van der Waals surface area contributed by atoms with Crippen LogP contribution in [-0.4, -0.2) is 39.2 Å². The lowest BCUT2D eigenvalue weighted by atomic mass is 9.72. The Hall–Kier alpha value is -2.24. The summed E-state index contributed by atoms with van der Waals surface area (Å²) < 4.78 is 0. The van der Waals surface area contributed by atoms with Crippen LogP contribution < -0.4 is 5.32 Å². The molecule has 1 aromatic carbocycles. The number of nitrogens with zero attached hydrogens (tertiary/aromatic N) is 2. The number of benzene rings is 1. The molecule has 4 atom stereocenters. The molecule has 0 bridgehead atoms. The van der Waals surface area contributed by atoms with Crippen molar-refractivity contribution in [2.45, 2.75) is 65.9 Å². The Morgan fingerprint density at radius 1 is 1.10 bits per heavy atom. The molecule has 3 rings (SSSR count). The standard InChI is InChI=1S/C25H35N3O2/c1-17(2)23-27-21(24(30)28(23)16-19-13-9-10-14-26-19)22(29)20(25(3,4)5)15-18-11-7-6-8-12-18/h6-14,17,20-23,27,29H,15-16H2,1-5H3/t20?,21-,22+,23?/m0/s1. The molecule has 1 saturated heterocycles. The first kappa shape index (κ1) is 22.4. The van der Waals surface area contributed by atoms with E-state index in [4.69, 9.17) is 0 Å². The number of rotatable bonds is 7. The molecule has 1 amide bonds. The molecule has 2 unspecified atom stereocenters. The number of nitrogens with one attached hydrogen (secondary N) is 1. The Bertz CT molecular complexity index is 817. The van der Waals surface area contributed by atoms with Crippen molar-refractivity contribution in [2.75, 3.05) is 0 Å². The lowest BCUT2D eigenvalue weighted by molar-refractivity contribution is -0.134. The van der Waals surface area contributed by atoms with Crippen molar-refractivity contribution in [1.82, 2.24) is 15.2 Å². The van der Waals surface area contributed by atoms with Crippen LogP contribution in [0.1, 0.15) is 45.9 Å². The van der Waals surface area contributed by atoms with Gasteiger partial charge in [-0.3, -0.25) is 15.1 Å². The number of hydrogen-bond donors (Lipinski definition) is 2. The van der Waals surface area contributed by atoms with Crippen molar-refractivity contribution in [2.24, 2.45) is 17.3 Å². The first-order chi connectivity index (χ1) is 14.2. The van der Waals surface area contributed by atoms with Gasteiger partial charge in [-0.15, -0.1) is 0 Å². The average molecular weight is 410 g/mol. The van der Waals surface area contributed by atoms with Crippen molar-refractivity contribution in [1.29, 1.82) is 0 Å². The Morgan fingerprint density at radius 2 is 1.77 bits per heavy atom. The van der Waals surface area contributed by atoms with Gasteiger partial charge in [-0.1, -0.05) is 71.0 Å². The lowest BCUT2D eigenvalue weighted by Crippen LogP contribution is -2.50. The zero-order valence-electron chi connectivity index (χ0n) is 18.7. The van der Waals surface area contributed by atoms with Gasteiger partial charge in [0.2, 0.25) is 5.91 Å². The molecule has 2 aromatic rings. The maximum absolute atomic E-state index is 13.4. The van der Waals surface area contributed by atoms with E-state index in [-0.39, 0.29) is 29.3 Å². The summed E-state index contributed by atoms with van der Waals surface area (Å²) in [6.07, 6.45) is 1.56. The third kappa shape index (κ3) is 5.08. The molecule has 1 aliphatic heterocycles. The monoisotopic (exact) mass is 409 g/mol. The molecular formula is C25H35N3O2. The van der Waals surface area contributed by atoms with Gasteiger partial charge in [-0.05, 0) is 41.4 Å². The Labute approximate surface area is 180 Å². The number of carbonyl (C=O) groups excluding carboxylic acids is 1. The topological polar surface area (TPSA) is 65.5 Å². The fourth-order valence-corrected chi connectivity index (χ4v) is 4.34. The van der Waals surface area contributed by atoms with E-state index in [1.807, 2.05) is 41.3 Å². The van der Waals surface area contributed by atoms with Gasteiger partial charge in [0.1, 0.15) is 6.04 Å². The minimum absolute atomic E-state index is 0.0471. The molecule has 162 valence electrons. The van der Waals surface area contributed by atoms with Gasteiger partial charge in [-0.25, -0.2) is 0 Å². The second-order valence-corrected chi connectivity index (χ2v) is 9.77. The molecule has 5 heteroatoms. The van der Waals surface area contributed by atoms with Crippen molar-refractivity contribution >= 4 is 5.91 Å². The summed E-state index contributed by atoms with van der Waals surface area (Å²) in [6.45, 7) is 11.0. The molecule has 0 spiro atoms. The second kappa shape index (κ2) is 9.27. The van der Waals surface area contributed by atoms with E-state index >= 15 is 0 Å². The fraction of sp³-hybridized carbons (Fsp3) is 0.520. The predicted molar refractivity (Wildman–Crippen MR) is 119 cm³/mol. The molecule has 5 nitrogen and oxygen atoms in total. The molecule has 0 radical (unpaired) electrons. The van der Waals surface area contributed by atoms with Crippen LogP contribution in [0.2, 0.25) is 0 Å². The van der Waals surface area contributed by atoms with Gasteiger partial charge in [-0.2, -0.15) is 0 Å². The van der Waals surface area contributed by atoms with Crippen LogP contribution in [0.4, 0.5) is 0 Å². The Morgan fingerprint density at radius 3 is 2.33 bits per heavy atom. The van der Waals surface area contributed by atoms with E-state index in [9.17, 15) is 9.90 Å². The van der Waals surface area contributed by atoms with Crippen molar-refractivity contribution in [3.8, 4) is 0 Å². The number of hydrogen-bond acceptors (Lipinski definition) is 4. The number of carbonyl (C=O) groups is 1. The molecular weight excluding hydrogens is 374 g/mol. The fourth-order valence-electron chi connectivity index (χ4n) is 4.34. The van der Waals surface area contributed by atoms with Crippen LogP contribution >= 0.6 is 0 Å².